The quantitative estimate of drug-likeness (QED) is 0.844. The van der Waals surface area contributed by atoms with Gasteiger partial charge in [-0.2, -0.15) is 13.2 Å². The third kappa shape index (κ3) is 2.97. The lowest BCUT2D eigenvalue weighted by Gasteiger charge is -2.24. The average molecular weight is 267 g/mol. The fraction of sp³-hybridized carbons (Fsp3) is 0.455. The van der Waals surface area contributed by atoms with Crippen LogP contribution in [0.5, 0.6) is 0 Å². The molecule has 1 aromatic carbocycles. The lowest BCUT2D eigenvalue weighted by Crippen LogP contribution is -2.23. The van der Waals surface area contributed by atoms with E-state index in [9.17, 15) is 13.2 Å². The number of anilines is 2. The van der Waals surface area contributed by atoms with Crippen LogP contribution in [0.2, 0.25) is 5.02 Å². The summed E-state index contributed by atoms with van der Waals surface area (Å²) in [6.45, 7) is 4.86. The minimum Gasteiger partial charge on any atom is -0.398 e. The molecule has 1 rings (SSSR count). The first-order valence-corrected chi connectivity index (χ1v) is 5.60. The Kier molecular flexibility index (Phi) is 4.14. The zero-order valence-electron chi connectivity index (χ0n) is 9.61. The van der Waals surface area contributed by atoms with E-state index >= 15 is 0 Å². The SMILES string of the molecule is CCN(CC)c1cc(C(F)(F)F)c(N)cc1Cl. The number of nitrogens with zero attached hydrogens (tertiary/aromatic N) is 1. The van der Waals surface area contributed by atoms with Crippen molar-refractivity contribution in [1.82, 2.24) is 0 Å². The van der Waals surface area contributed by atoms with Crippen LogP contribution in [-0.2, 0) is 6.18 Å². The molecule has 0 aliphatic carbocycles. The summed E-state index contributed by atoms with van der Waals surface area (Å²) in [6.07, 6.45) is -4.46. The molecule has 2 N–H and O–H groups in total. The Balaban J connectivity index is 3.33. The second kappa shape index (κ2) is 5.04. The van der Waals surface area contributed by atoms with E-state index in [-0.39, 0.29) is 10.7 Å². The van der Waals surface area contributed by atoms with Crippen LogP contribution in [0.4, 0.5) is 24.5 Å². The summed E-state index contributed by atoms with van der Waals surface area (Å²) in [5.41, 5.74) is 4.50. The van der Waals surface area contributed by atoms with Crippen molar-refractivity contribution in [1.29, 1.82) is 0 Å². The van der Waals surface area contributed by atoms with Crippen molar-refractivity contribution < 1.29 is 13.2 Å². The normalized spacial score (nSPS) is 11.6. The number of alkyl halides is 3. The Morgan fingerprint density at radius 1 is 1.24 bits per heavy atom. The van der Waals surface area contributed by atoms with Crippen LogP contribution in [0, 0.1) is 0 Å². The van der Waals surface area contributed by atoms with Gasteiger partial charge in [-0.15, -0.1) is 0 Å². The number of benzene rings is 1. The lowest BCUT2D eigenvalue weighted by molar-refractivity contribution is -0.136. The Morgan fingerprint density at radius 2 is 1.76 bits per heavy atom. The van der Waals surface area contributed by atoms with Crippen LogP contribution in [0.3, 0.4) is 0 Å². The summed E-state index contributed by atoms with van der Waals surface area (Å²) in [5.74, 6) is 0. The maximum Gasteiger partial charge on any atom is 0.418 e. The molecule has 0 bridgehead atoms. The van der Waals surface area contributed by atoms with E-state index in [0.29, 0.717) is 18.8 Å². The molecule has 0 saturated heterocycles. The van der Waals surface area contributed by atoms with Crippen molar-refractivity contribution >= 4 is 23.0 Å². The fourth-order valence-electron chi connectivity index (χ4n) is 1.63. The van der Waals surface area contributed by atoms with E-state index in [0.717, 1.165) is 12.1 Å². The number of rotatable bonds is 3. The van der Waals surface area contributed by atoms with Crippen LogP contribution < -0.4 is 10.6 Å². The van der Waals surface area contributed by atoms with Gasteiger partial charge in [0.05, 0.1) is 16.3 Å². The van der Waals surface area contributed by atoms with Gasteiger partial charge < -0.3 is 10.6 Å². The molecule has 1 aromatic rings. The highest BCUT2D eigenvalue weighted by molar-refractivity contribution is 6.33. The molecule has 2 nitrogen and oxygen atoms in total. The highest BCUT2D eigenvalue weighted by Gasteiger charge is 2.34. The Morgan fingerprint density at radius 3 is 2.18 bits per heavy atom. The largest absolute Gasteiger partial charge is 0.418 e. The summed E-state index contributed by atoms with van der Waals surface area (Å²) in [4.78, 5) is 1.75. The van der Waals surface area contributed by atoms with E-state index in [4.69, 9.17) is 17.3 Å². The molecule has 0 saturated carbocycles. The second-order valence-corrected chi connectivity index (χ2v) is 3.97. The second-order valence-electron chi connectivity index (χ2n) is 3.56. The van der Waals surface area contributed by atoms with Crippen molar-refractivity contribution in [3.63, 3.8) is 0 Å². The van der Waals surface area contributed by atoms with Crippen molar-refractivity contribution in [2.24, 2.45) is 0 Å². The summed E-state index contributed by atoms with van der Waals surface area (Å²) < 4.78 is 38.1. The molecule has 0 unspecified atom stereocenters. The van der Waals surface area contributed by atoms with E-state index in [1.54, 1.807) is 4.90 Å². The topological polar surface area (TPSA) is 29.3 Å². The molecule has 0 fully saturated rings. The predicted octanol–water partition coefficient (Wildman–Crippen LogP) is 3.79. The first kappa shape index (κ1) is 14.0. The lowest BCUT2D eigenvalue weighted by atomic mass is 10.1. The van der Waals surface area contributed by atoms with E-state index < -0.39 is 11.7 Å². The molecule has 0 spiro atoms. The van der Waals surface area contributed by atoms with Crippen molar-refractivity contribution in [3.8, 4) is 0 Å². The minimum absolute atomic E-state index is 0.235. The summed E-state index contributed by atoms with van der Waals surface area (Å²) in [5, 5.41) is 0.235. The first-order chi connectivity index (χ1) is 7.81. The van der Waals surface area contributed by atoms with Crippen LogP contribution >= 0.6 is 11.6 Å². The van der Waals surface area contributed by atoms with Gasteiger partial charge in [0.2, 0.25) is 0 Å². The number of nitrogen functional groups attached to an aromatic ring is 1. The molecule has 0 aliphatic heterocycles. The highest BCUT2D eigenvalue weighted by Crippen LogP contribution is 2.39. The average Bonchev–Trinajstić information content (AvgIpc) is 2.20. The number of halogens is 4. The summed E-state index contributed by atoms with van der Waals surface area (Å²) >= 11 is 5.91. The van der Waals surface area contributed by atoms with Gasteiger partial charge in [0.15, 0.2) is 0 Å². The number of hydrogen-bond donors (Lipinski definition) is 1. The molecule has 17 heavy (non-hydrogen) atoms. The maximum absolute atomic E-state index is 12.7. The van der Waals surface area contributed by atoms with Crippen LogP contribution in [0.15, 0.2) is 12.1 Å². The molecule has 0 amide bonds. The third-order valence-corrected chi connectivity index (χ3v) is 2.83. The van der Waals surface area contributed by atoms with Crippen LogP contribution in [0.1, 0.15) is 19.4 Å². The fourth-order valence-corrected chi connectivity index (χ4v) is 1.92. The molecule has 0 aromatic heterocycles. The highest BCUT2D eigenvalue weighted by atomic mass is 35.5. The minimum atomic E-state index is -4.46. The Hall–Kier alpha value is -1.10. The van der Waals surface area contributed by atoms with Crippen molar-refractivity contribution in [3.05, 3.63) is 22.7 Å². The molecular weight excluding hydrogens is 253 g/mol. The van der Waals surface area contributed by atoms with Crippen LogP contribution in [-0.4, -0.2) is 13.1 Å². The van der Waals surface area contributed by atoms with Gasteiger partial charge in [-0.3, -0.25) is 0 Å². The van der Waals surface area contributed by atoms with Gasteiger partial charge in [0.1, 0.15) is 0 Å². The van der Waals surface area contributed by atoms with Gasteiger partial charge in [0.25, 0.3) is 0 Å². The molecule has 0 aliphatic rings. The predicted molar refractivity (Wildman–Crippen MR) is 64.4 cm³/mol. The van der Waals surface area contributed by atoms with Gasteiger partial charge in [-0.25, -0.2) is 0 Å². The number of hydrogen-bond acceptors (Lipinski definition) is 2. The smallest absolute Gasteiger partial charge is 0.398 e. The monoisotopic (exact) mass is 266 g/mol. The summed E-state index contributed by atoms with van der Waals surface area (Å²) in [7, 11) is 0. The molecule has 96 valence electrons. The maximum atomic E-state index is 12.7. The standard InChI is InChI=1S/C11H14ClF3N2/c1-3-17(4-2)10-5-7(11(13,14)15)9(16)6-8(10)12/h5-6H,3-4,16H2,1-2H3. The Bertz CT molecular complexity index is 400. The zero-order valence-corrected chi connectivity index (χ0v) is 10.4. The molecular formula is C11H14ClF3N2. The molecule has 0 heterocycles. The molecule has 0 atom stereocenters. The van der Waals surface area contributed by atoms with E-state index in [1.807, 2.05) is 13.8 Å². The van der Waals surface area contributed by atoms with Gasteiger partial charge in [-0.05, 0) is 26.0 Å². The van der Waals surface area contributed by atoms with Gasteiger partial charge in [-0.1, -0.05) is 11.6 Å². The Labute approximate surface area is 103 Å². The van der Waals surface area contributed by atoms with Gasteiger partial charge in [0, 0.05) is 18.8 Å². The van der Waals surface area contributed by atoms with E-state index in [2.05, 4.69) is 0 Å². The first-order valence-electron chi connectivity index (χ1n) is 5.22. The third-order valence-electron chi connectivity index (χ3n) is 2.53. The van der Waals surface area contributed by atoms with Gasteiger partial charge >= 0.3 is 6.18 Å². The van der Waals surface area contributed by atoms with Crippen molar-refractivity contribution in [2.45, 2.75) is 20.0 Å². The number of nitrogens with two attached hydrogens (primary N) is 1. The zero-order chi connectivity index (χ0) is 13.2. The van der Waals surface area contributed by atoms with E-state index in [1.165, 1.54) is 0 Å². The van der Waals surface area contributed by atoms with Crippen LogP contribution in [0.25, 0.3) is 0 Å². The summed E-state index contributed by atoms with van der Waals surface area (Å²) in [6, 6.07) is 2.16. The molecule has 6 heteroatoms. The van der Waals surface area contributed by atoms with Crippen molar-refractivity contribution in [2.75, 3.05) is 23.7 Å². The molecule has 0 radical (unpaired) electrons.